The molecule has 0 aliphatic carbocycles. The Hall–Kier alpha value is -2.37. The quantitative estimate of drug-likeness (QED) is 0.492. The van der Waals surface area contributed by atoms with E-state index in [4.69, 9.17) is 9.84 Å². The molecule has 1 rings (SSSR count). The number of ether oxygens (including phenoxy) is 2. The molecule has 1 aromatic rings. The van der Waals surface area contributed by atoms with Crippen molar-refractivity contribution in [2.24, 2.45) is 0 Å². The number of rotatable bonds is 5. The summed E-state index contributed by atoms with van der Waals surface area (Å²) in [4.78, 5) is 32.7. The third-order valence-corrected chi connectivity index (χ3v) is 2.31. The van der Waals surface area contributed by atoms with Crippen LogP contribution in [0.1, 0.15) is 27.9 Å². The van der Waals surface area contributed by atoms with E-state index < -0.39 is 31.1 Å². The number of hydrogen-bond acceptors (Lipinski definition) is 5. The summed E-state index contributed by atoms with van der Waals surface area (Å²) in [7, 11) is 0. The number of carboxylic acids is 1. The van der Waals surface area contributed by atoms with E-state index in [0.29, 0.717) is 5.56 Å². The molecule has 0 atom stereocenters. The molecule has 19 heavy (non-hydrogen) atoms. The van der Waals surface area contributed by atoms with Crippen molar-refractivity contribution in [1.29, 1.82) is 0 Å². The molecule has 0 heterocycles. The molecule has 0 aliphatic heterocycles. The number of carbonyl (C=O) groups is 3. The van der Waals surface area contributed by atoms with Gasteiger partial charge < -0.3 is 14.6 Å². The van der Waals surface area contributed by atoms with E-state index in [1.54, 1.807) is 19.1 Å². The SMILES string of the molecule is Cc1ccc(C(=O)OCOC(=O)CC(=O)O)c(C)c1. The van der Waals surface area contributed by atoms with E-state index in [-0.39, 0.29) is 0 Å². The van der Waals surface area contributed by atoms with E-state index in [0.717, 1.165) is 11.1 Å². The average molecular weight is 266 g/mol. The normalized spacial score (nSPS) is 9.79. The summed E-state index contributed by atoms with van der Waals surface area (Å²) in [5.74, 6) is -2.88. The average Bonchev–Trinajstić information content (AvgIpc) is 2.27. The van der Waals surface area contributed by atoms with Crippen molar-refractivity contribution in [3.63, 3.8) is 0 Å². The van der Waals surface area contributed by atoms with Crippen molar-refractivity contribution in [2.45, 2.75) is 20.3 Å². The largest absolute Gasteiger partial charge is 0.481 e. The maximum Gasteiger partial charge on any atom is 0.341 e. The predicted molar refractivity (Wildman–Crippen MR) is 64.5 cm³/mol. The number of hydrogen-bond donors (Lipinski definition) is 1. The molecule has 102 valence electrons. The Labute approximate surface area is 109 Å². The lowest BCUT2D eigenvalue weighted by Crippen LogP contribution is -2.16. The first-order valence-corrected chi connectivity index (χ1v) is 5.52. The van der Waals surface area contributed by atoms with Gasteiger partial charge in [0.15, 0.2) is 0 Å². The first kappa shape index (κ1) is 14.7. The number of carbonyl (C=O) groups excluding carboxylic acids is 2. The second-order valence-corrected chi connectivity index (χ2v) is 3.95. The predicted octanol–water partition coefficient (Wildman–Crippen LogP) is 1.44. The zero-order chi connectivity index (χ0) is 14.4. The third-order valence-electron chi connectivity index (χ3n) is 2.31. The lowest BCUT2D eigenvalue weighted by Gasteiger charge is -2.08. The van der Waals surface area contributed by atoms with E-state index in [2.05, 4.69) is 4.74 Å². The highest BCUT2D eigenvalue weighted by Gasteiger charge is 2.13. The van der Waals surface area contributed by atoms with Crippen LogP contribution in [0.4, 0.5) is 0 Å². The van der Waals surface area contributed by atoms with Gasteiger partial charge in [-0.05, 0) is 25.5 Å². The Morgan fingerprint density at radius 2 is 1.84 bits per heavy atom. The van der Waals surface area contributed by atoms with Crippen LogP contribution < -0.4 is 0 Å². The fraction of sp³-hybridized carbons (Fsp3) is 0.308. The van der Waals surface area contributed by atoms with Crippen LogP contribution in [0.25, 0.3) is 0 Å². The van der Waals surface area contributed by atoms with Gasteiger partial charge in [0.2, 0.25) is 6.79 Å². The van der Waals surface area contributed by atoms with Crippen LogP contribution in [-0.4, -0.2) is 29.8 Å². The van der Waals surface area contributed by atoms with Crippen LogP contribution in [0.5, 0.6) is 0 Å². The Morgan fingerprint density at radius 1 is 1.16 bits per heavy atom. The monoisotopic (exact) mass is 266 g/mol. The van der Waals surface area contributed by atoms with Gasteiger partial charge in [0.1, 0.15) is 6.42 Å². The Balaban J connectivity index is 2.47. The molecule has 0 unspecified atom stereocenters. The number of aliphatic carboxylic acids is 1. The zero-order valence-corrected chi connectivity index (χ0v) is 10.6. The minimum Gasteiger partial charge on any atom is -0.481 e. The molecular weight excluding hydrogens is 252 g/mol. The Bertz CT molecular complexity index is 506. The second-order valence-electron chi connectivity index (χ2n) is 3.95. The molecule has 0 radical (unpaired) electrons. The summed E-state index contributed by atoms with van der Waals surface area (Å²) in [6.07, 6.45) is -0.763. The molecule has 0 bridgehead atoms. The standard InChI is InChI=1S/C13H14O6/c1-8-3-4-10(9(2)5-8)13(17)19-7-18-12(16)6-11(14)15/h3-5H,6-7H2,1-2H3,(H,14,15). The fourth-order valence-electron chi connectivity index (χ4n) is 1.44. The van der Waals surface area contributed by atoms with Crippen molar-refractivity contribution >= 4 is 17.9 Å². The number of carboxylic acid groups (broad SMARTS) is 1. The highest BCUT2D eigenvalue weighted by atomic mass is 16.7. The highest BCUT2D eigenvalue weighted by molar-refractivity contribution is 5.91. The van der Waals surface area contributed by atoms with E-state index >= 15 is 0 Å². The molecule has 0 saturated carbocycles. The molecule has 0 aromatic heterocycles. The summed E-state index contributed by atoms with van der Waals surface area (Å²) >= 11 is 0. The van der Waals surface area contributed by atoms with Crippen molar-refractivity contribution in [3.05, 3.63) is 34.9 Å². The van der Waals surface area contributed by atoms with E-state index in [1.807, 2.05) is 13.0 Å². The van der Waals surface area contributed by atoms with Gasteiger partial charge in [0, 0.05) is 0 Å². The number of aryl methyl sites for hydroxylation is 2. The summed E-state index contributed by atoms with van der Waals surface area (Å²) in [5.41, 5.74) is 2.14. The highest BCUT2D eigenvalue weighted by Crippen LogP contribution is 2.11. The van der Waals surface area contributed by atoms with Gasteiger partial charge in [-0.2, -0.15) is 0 Å². The van der Waals surface area contributed by atoms with Gasteiger partial charge in [0.05, 0.1) is 5.56 Å². The molecule has 0 spiro atoms. The topological polar surface area (TPSA) is 89.9 Å². The molecule has 0 fully saturated rings. The first-order valence-electron chi connectivity index (χ1n) is 5.52. The molecule has 1 N–H and O–H groups in total. The van der Waals surface area contributed by atoms with Gasteiger partial charge in [-0.3, -0.25) is 9.59 Å². The van der Waals surface area contributed by atoms with Gasteiger partial charge in [-0.15, -0.1) is 0 Å². The molecule has 0 amide bonds. The van der Waals surface area contributed by atoms with Gasteiger partial charge in [0.25, 0.3) is 0 Å². The Kier molecular flexibility index (Phi) is 5.05. The van der Waals surface area contributed by atoms with Crippen LogP contribution in [0.3, 0.4) is 0 Å². The van der Waals surface area contributed by atoms with Crippen LogP contribution in [-0.2, 0) is 19.1 Å². The molecule has 0 aliphatic rings. The van der Waals surface area contributed by atoms with E-state index in [1.165, 1.54) is 0 Å². The maximum atomic E-state index is 11.7. The molecular formula is C13H14O6. The lowest BCUT2D eigenvalue weighted by molar-refractivity contribution is -0.157. The summed E-state index contributed by atoms with van der Waals surface area (Å²) < 4.78 is 9.17. The second kappa shape index (κ2) is 6.53. The molecule has 0 saturated heterocycles. The smallest absolute Gasteiger partial charge is 0.341 e. The first-order chi connectivity index (χ1) is 8.90. The summed E-state index contributed by atoms with van der Waals surface area (Å²) in [6.45, 7) is 3.06. The van der Waals surface area contributed by atoms with Gasteiger partial charge in [-0.25, -0.2) is 4.79 Å². The number of benzene rings is 1. The van der Waals surface area contributed by atoms with Crippen LogP contribution >= 0.6 is 0 Å². The zero-order valence-electron chi connectivity index (χ0n) is 10.6. The fourth-order valence-corrected chi connectivity index (χ4v) is 1.44. The van der Waals surface area contributed by atoms with Crippen molar-refractivity contribution in [3.8, 4) is 0 Å². The van der Waals surface area contributed by atoms with Crippen LogP contribution in [0, 0.1) is 13.8 Å². The lowest BCUT2D eigenvalue weighted by atomic mass is 10.1. The minimum atomic E-state index is -1.30. The number of esters is 2. The summed E-state index contributed by atoms with van der Waals surface area (Å²) in [5, 5.41) is 8.32. The van der Waals surface area contributed by atoms with Crippen molar-refractivity contribution < 1.29 is 29.0 Å². The van der Waals surface area contributed by atoms with Crippen molar-refractivity contribution in [1.82, 2.24) is 0 Å². The van der Waals surface area contributed by atoms with Crippen LogP contribution in [0.2, 0.25) is 0 Å². The molecule has 6 nitrogen and oxygen atoms in total. The van der Waals surface area contributed by atoms with Gasteiger partial charge in [-0.1, -0.05) is 17.7 Å². The maximum absolute atomic E-state index is 11.7. The van der Waals surface area contributed by atoms with E-state index in [9.17, 15) is 14.4 Å². The molecule has 6 heteroatoms. The van der Waals surface area contributed by atoms with Gasteiger partial charge >= 0.3 is 17.9 Å². The van der Waals surface area contributed by atoms with Crippen LogP contribution in [0.15, 0.2) is 18.2 Å². The molecule has 1 aromatic carbocycles. The van der Waals surface area contributed by atoms with Crippen molar-refractivity contribution in [2.75, 3.05) is 6.79 Å². The Morgan fingerprint density at radius 3 is 2.42 bits per heavy atom. The summed E-state index contributed by atoms with van der Waals surface area (Å²) in [6, 6.07) is 5.21. The minimum absolute atomic E-state index is 0.375. The third kappa shape index (κ3) is 4.79.